The zero-order valence-electron chi connectivity index (χ0n) is 19.5. The van der Waals surface area contributed by atoms with Crippen LogP contribution in [0.25, 0.3) is 0 Å². The molecule has 3 N–H and O–H groups in total. The Morgan fingerprint density at radius 1 is 1.26 bits per heavy atom. The number of halogens is 1. The summed E-state index contributed by atoms with van der Waals surface area (Å²) in [5, 5.41) is 9.06. The number of pyridine rings is 1. The molecule has 1 fully saturated rings. The van der Waals surface area contributed by atoms with E-state index in [4.69, 9.17) is 5.21 Å². The Morgan fingerprint density at radius 3 is 2.62 bits per heavy atom. The number of nitrogens with one attached hydrogen (secondary N) is 2. The normalized spacial score (nSPS) is 20.3. The van der Waals surface area contributed by atoms with Gasteiger partial charge in [0.05, 0.1) is 0 Å². The average molecular weight is 554 g/mol. The first-order valence-corrected chi connectivity index (χ1v) is 13.8. The Kier molecular flexibility index (Phi) is 9.61. The Balaban J connectivity index is 1.78. The van der Waals surface area contributed by atoms with Gasteiger partial charge in [-0.3, -0.25) is 15.0 Å². The van der Waals surface area contributed by atoms with Crippen LogP contribution in [0.2, 0.25) is 0 Å². The van der Waals surface area contributed by atoms with Crippen LogP contribution in [-0.2, 0) is 21.4 Å². The van der Waals surface area contributed by atoms with E-state index in [0.29, 0.717) is 25.8 Å². The van der Waals surface area contributed by atoms with E-state index in [1.54, 1.807) is 25.5 Å². The van der Waals surface area contributed by atoms with Gasteiger partial charge in [-0.25, -0.2) is 5.48 Å². The molecule has 0 aliphatic carbocycles. The summed E-state index contributed by atoms with van der Waals surface area (Å²) in [5.74, 6) is -0.840. The highest BCUT2D eigenvalue weighted by molar-refractivity contribution is 9.10. The molecule has 0 spiro atoms. The van der Waals surface area contributed by atoms with Crippen molar-refractivity contribution in [3.8, 4) is 0 Å². The minimum absolute atomic E-state index is 0.207. The molecular formula is C24H33BrN4O4S. The largest absolute Gasteiger partial charge is 0.289 e. The molecule has 1 amide bonds. The smallest absolute Gasteiger partial charge is 0.280 e. The number of aromatic nitrogens is 1. The van der Waals surface area contributed by atoms with Crippen LogP contribution in [0.5, 0.6) is 0 Å². The zero-order chi connectivity index (χ0) is 24.7. The molecule has 1 aromatic heterocycles. The van der Waals surface area contributed by atoms with Crippen molar-refractivity contribution in [1.29, 1.82) is 0 Å². The van der Waals surface area contributed by atoms with Crippen molar-refractivity contribution in [3.63, 3.8) is 0 Å². The molecule has 8 nitrogen and oxygen atoms in total. The molecule has 2 aromatic rings. The number of rotatable bonds is 10. The van der Waals surface area contributed by atoms with Crippen molar-refractivity contribution in [3.05, 3.63) is 64.4 Å². The van der Waals surface area contributed by atoms with E-state index in [9.17, 15) is 13.2 Å². The monoisotopic (exact) mass is 552 g/mol. The molecule has 0 saturated carbocycles. The lowest BCUT2D eigenvalue weighted by Crippen LogP contribution is -2.56. The first-order valence-electron chi connectivity index (χ1n) is 11.6. The minimum Gasteiger partial charge on any atom is -0.289 e. The summed E-state index contributed by atoms with van der Waals surface area (Å²) in [6.07, 6.45) is 7.30. The number of nitrogens with zero attached hydrogens (tertiary/aromatic N) is 2. The summed E-state index contributed by atoms with van der Waals surface area (Å²) < 4.78 is 31.8. The zero-order valence-corrected chi connectivity index (χ0v) is 21.9. The van der Waals surface area contributed by atoms with Gasteiger partial charge in [0, 0.05) is 29.5 Å². The summed E-state index contributed by atoms with van der Waals surface area (Å²) in [6, 6.07) is 10.9. The fraction of sp³-hybridized carbons (Fsp3) is 0.500. The molecule has 10 heteroatoms. The number of piperidine rings is 1. The molecule has 1 aromatic carbocycles. The van der Waals surface area contributed by atoms with Gasteiger partial charge in [0.25, 0.3) is 16.1 Å². The lowest BCUT2D eigenvalue weighted by Gasteiger charge is -2.39. The van der Waals surface area contributed by atoms with Gasteiger partial charge in [0.1, 0.15) is 6.04 Å². The molecule has 3 rings (SSSR count). The van der Waals surface area contributed by atoms with Gasteiger partial charge in [-0.15, -0.1) is 0 Å². The molecule has 1 aliphatic rings. The van der Waals surface area contributed by atoms with Crippen molar-refractivity contribution >= 4 is 32.0 Å². The van der Waals surface area contributed by atoms with Gasteiger partial charge < -0.3 is 0 Å². The van der Waals surface area contributed by atoms with Crippen molar-refractivity contribution in [2.45, 2.75) is 64.0 Å². The molecule has 186 valence electrons. The number of carbonyl (C=O) groups excluding carboxylic acids is 1. The van der Waals surface area contributed by atoms with E-state index >= 15 is 0 Å². The Labute approximate surface area is 210 Å². The highest BCUT2D eigenvalue weighted by Crippen LogP contribution is 2.35. The van der Waals surface area contributed by atoms with E-state index < -0.39 is 22.2 Å². The van der Waals surface area contributed by atoms with Gasteiger partial charge in [0.2, 0.25) is 0 Å². The van der Waals surface area contributed by atoms with Gasteiger partial charge in [-0.05, 0) is 73.3 Å². The quantitative estimate of drug-likeness (QED) is 0.306. The maximum atomic E-state index is 13.4. The second kappa shape index (κ2) is 12.2. The van der Waals surface area contributed by atoms with Gasteiger partial charge in [-0.1, -0.05) is 48.0 Å². The van der Waals surface area contributed by atoms with E-state index in [-0.39, 0.29) is 17.9 Å². The number of hydrogen-bond donors (Lipinski definition) is 3. The summed E-state index contributed by atoms with van der Waals surface area (Å²) in [7, 11) is -3.95. The van der Waals surface area contributed by atoms with Crippen LogP contribution in [0.1, 0.15) is 56.6 Å². The Bertz CT molecular complexity index is 1030. The fourth-order valence-corrected chi connectivity index (χ4v) is 6.55. The molecule has 1 aliphatic heterocycles. The lowest BCUT2D eigenvalue weighted by atomic mass is 9.85. The Hall–Kier alpha value is -1.85. The first-order chi connectivity index (χ1) is 16.2. The summed E-state index contributed by atoms with van der Waals surface area (Å²) in [5.41, 5.74) is 3.89. The van der Waals surface area contributed by atoms with Crippen molar-refractivity contribution in [2.75, 3.05) is 6.54 Å². The third-order valence-corrected chi connectivity index (χ3v) is 8.55. The maximum absolute atomic E-state index is 13.4. The average Bonchev–Trinajstić information content (AvgIpc) is 2.83. The first kappa shape index (κ1) is 26.7. The Morgan fingerprint density at radius 2 is 2.00 bits per heavy atom. The topological polar surface area (TPSA) is 112 Å². The van der Waals surface area contributed by atoms with Crippen LogP contribution in [0, 0.1) is 5.92 Å². The number of benzene rings is 1. The summed E-state index contributed by atoms with van der Waals surface area (Å²) in [4.78, 5) is 16.2. The maximum Gasteiger partial charge on any atom is 0.280 e. The molecule has 2 unspecified atom stereocenters. The van der Waals surface area contributed by atoms with Gasteiger partial charge in [-0.2, -0.15) is 17.4 Å². The SMILES string of the molecule is CC(C)[C@@H](NS(=O)(=O)N1CCC(c2ccc(Br)cc2)CC1CCCc1cccnc1)C(=O)NO. The molecule has 1 saturated heterocycles. The molecule has 0 radical (unpaired) electrons. The second-order valence-corrected chi connectivity index (χ2v) is 11.7. The number of amides is 1. The molecular weight excluding hydrogens is 520 g/mol. The van der Waals surface area contributed by atoms with Gasteiger partial charge >= 0.3 is 0 Å². The van der Waals surface area contributed by atoms with Crippen LogP contribution in [0.4, 0.5) is 0 Å². The van der Waals surface area contributed by atoms with E-state index in [2.05, 4.69) is 37.8 Å². The van der Waals surface area contributed by atoms with Crippen LogP contribution < -0.4 is 10.2 Å². The lowest BCUT2D eigenvalue weighted by molar-refractivity contribution is -0.131. The van der Waals surface area contributed by atoms with E-state index in [1.807, 2.05) is 30.5 Å². The van der Waals surface area contributed by atoms with E-state index in [0.717, 1.165) is 22.9 Å². The molecule has 0 bridgehead atoms. The van der Waals surface area contributed by atoms with Crippen LogP contribution >= 0.6 is 15.9 Å². The summed E-state index contributed by atoms with van der Waals surface area (Å²) >= 11 is 3.47. The molecule has 34 heavy (non-hydrogen) atoms. The molecule has 3 atom stereocenters. The van der Waals surface area contributed by atoms with Crippen LogP contribution in [0.3, 0.4) is 0 Å². The number of hydroxylamine groups is 1. The highest BCUT2D eigenvalue weighted by atomic mass is 79.9. The van der Waals surface area contributed by atoms with E-state index in [1.165, 1.54) is 9.87 Å². The highest BCUT2D eigenvalue weighted by Gasteiger charge is 2.38. The predicted molar refractivity (Wildman–Crippen MR) is 134 cm³/mol. The third-order valence-electron chi connectivity index (χ3n) is 6.37. The second-order valence-electron chi connectivity index (χ2n) is 9.11. The molecule has 2 heterocycles. The number of aryl methyl sites for hydroxylation is 1. The fourth-order valence-electron chi connectivity index (χ4n) is 4.52. The summed E-state index contributed by atoms with van der Waals surface area (Å²) in [6.45, 7) is 3.82. The van der Waals surface area contributed by atoms with Crippen LogP contribution in [-0.4, -0.2) is 47.4 Å². The standard InChI is InChI=1S/C24H33BrN4O4S/c1-17(2)23(24(30)27-31)28-34(32,33)29-14-12-20(19-8-10-21(25)11-9-19)15-22(29)7-3-5-18-6-4-13-26-16-18/h4,6,8-11,13,16-17,20,22-23,28,31H,3,5,7,12,14-15H2,1-2H3,(H,27,30)/t20?,22?,23-/m1/s1. The predicted octanol–water partition coefficient (Wildman–Crippen LogP) is 3.78. The third kappa shape index (κ3) is 7.08. The number of hydrogen-bond acceptors (Lipinski definition) is 5. The number of carbonyl (C=O) groups is 1. The van der Waals surface area contributed by atoms with Gasteiger partial charge in [0.15, 0.2) is 0 Å². The van der Waals surface area contributed by atoms with Crippen molar-refractivity contribution in [1.82, 2.24) is 19.5 Å². The van der Waals surface area contributed by atoms with Crippen LogP contribution in [0.15, 0.2) is 53.3 Å². The minimum atomic E-state index is -3.95. The van der Waals surface area contributed by atoms with Crippen molar-refractivity contribution in [2.24, 2.45) is 5.92 Å². The van der Waals surface area contributed by atoms with Crippen molar-refractivity contribution < 1.29 is 18.4 Å².